The maximum atomic E-state index is 12.9. The number of nitrogens with zero attached hydrogens (tertiary/aromatic N) is 1. The number of aromatic nitrogens is 2. The number of hydrogen-bond donors (Lipinski definition) is 2. The highest BCUT2D eigenvalue weighted by Crippen LogP contribution is 2.44. The summed E-state index contributed by atoms with van der Waals surface area (Å²) in [5, 5.41) is 6.24. The summed E-state index contributed by atoms with van der Waals surface area (Å²) in [4.78, 5) is 38.9. The van der Waals surface area contributed by atoms with Crippen LogP contribution >= 0.6 is 23.1 Å². The van der Waals surface area contributed by atoms with E-state index in [1.54, 1.807) is 0 Å². The number of carbonyl (C=O) groups excluding carboxylic acids is 2. The van der Waals surface area contributed by atoms with Gasteiger partial charge in [0.25, 0.3) is 0 Å². The number of hydrogen-bond acceptors (Lipinski definition) is 7. The lowest BCUT2D eigenvalue weighted by Gasteiger charge is -2.33. The Labute approximate surface area is 212 Å². The molecule has 4 rings (SSSR count). The lowest BCUT2D eigenvalue weighted by atomic mass is 9.72. The number of thioether (sulfide) groups is 1. The number of anilines is 1. The van der Waals surface area contributed by atoms with Crippen molar-refractivity contribution in [2.75, 3.05) is 18.2 Å². The minimum absolute atomic E-state index is 0.0255. The first-order valence-electron chi connectivity index (χ1n) is 11.4. The third kappa shape index (κ3) is 5.38. The summed E-state index contributed by atoms with van der Waals surface area (Å²) in [6.07, 6.45) is 2.64. The van der Waals surface area contributed by atoms with Crippen molar-refractivity contribution in [3.63, 3.8) is 0 Å². The van der Waals surface area contributed by atoms with Crippen LogP contribution in [0, 0.1) is 18.3 Å². The highest BCUT2D eigenvalue weighted by atomic mass is 32.2. The molecule has 186 valence electrons. The standard InChI is InChI=1S/C25H29N3O5S2/c1-14-6-9-16(10-7-14)28-22(24(31)33-27-28)34-13-19(29)26-21-20(23(30)32-5)17-11-8-15(25(2,3)4)12-18(17)35-21/h6-7,9-10,15H,8,11-13H2,1-5H3,(H-,26,27,29,30,31)/p+1. The number of thiophene rings is 1. The van der Waals surface area contributed by atoms with Gasteiger partial charge in [0.2, 0.25) is 11.6 Å². The number of H-pyrrole nitrogens is 1. The number of methoxy groups -OCH3 is 1. The van der Waals surface area contributed by atoms with Gasteiger partial charge < -0.3 is 10.1 Å². The largest absolute Gasteiger partial charge is 0.465 e. The molecule has 1 atom stereocenters. The van der Waals surface area contributed by atoms with E-state index in [9.17, 15) is 14.4 Å². The molecule has 1 unspecified atom stereocenters. The highest BCUT2D eigenvalue weighted by Gasteiger charge is 2.34. The Hall–Kier alpha value is -2.85. The molecule has 0 aliphatic heterocycles. The molecule has 0 spiro atoms. The molecule has 2 N–H and O–H groups in total. The predicted octanol–water partition coefficient (Wildman–Crippen LogP) is 4.28. The van der Waals surface area contributed by atoms with Gasteiger partial charge >= 0.3 is 16.6 Å². The molecule has 0 saturated heterocycles. The van der Waals surface area contributed by atoms with E-state index in [1.165, 1.54) is 23.1 Å². The first kappa shape index (κ1) is 25.2. The van der Waals surface area contributed by atoms with Gasteiger partial charge in [-0.1, -0.05) is 38.5 Å². The fraction of sp³-hybridized carbons (Fsp3) is 0.440. The second-order valence-electron chi connectivity index (χ2n) is 9.80. The number of fused-ring (bicyclic) bond motifs is 1. The molecule has 10 heteroatoms. The molecule has 8 nitrogen and oxygen atoms in total. The first-order valence-corrected chi connectivity index (χ1v) is 13.2. The predicted molar refractivity (Wildman–Crippen MR) is 136 cm³/mol. The quantitative estimate of drug-likeness (QED) is 0.288. The van der Waals surface area contributed by atoms with Crippen LogP contribution < -0.4 is 15.6 Å². The monoisotopic (exact) mass is 516 g/mol. The number of aromatic amines is 1. The Bertz CT molecular complexity index is 1300. The normalized spacial score (nSPS) is 15.5. The highest BCUT2D eigenvalue weighted by molar-refractivity contribution is 7.99. The van der Waals surface area contributed by atoms with E-state index in [2.05, 4.69) is 31.4 Å². The van der Waals surface area contributed by atoms with Crippen LogP contribution in [-0.4, -0.2) is 30.0 Å². The molecule has 35 heavy (non-hydrogen) atoms. The fourth-order valence-electron chi connectivity index (χ4n) is 4.28. The van der Waals surface area contributed by atoms with Gasteiger partial charge in [-0.15, -0.1) is 11.3 Å². The Kier molecular flexibility index (Phi) is 7.23. The summed E-state index contributed by atoms with van der Waals surface area (Å²) in [6, 6.07) is 7.56. The molecule has 2 aromatic heterocycles. The maximum absolute atomic E-state index is 12.9. The van der Waals surface area contributed by atoms with Gasteiger partial charge in [0.1, 0.15) is 5.00 Å². The average molecular weight is 517 g/mol. The van der Waals surface area contributed by atoms with Crippen LogP contribution in [0.4, 0.5) is 5.00 Å². The van der Waals surface area contributed by atoms with Gasteiger partial charge in [-0.3, -0.25) is 9.32 Å². The number of rotatable bonds is 6. The molecular formula is C25H30N3O5S2+. The van der Waals surface area contributed by atoms with E-state index in [4.69, 9.17) is 9.26 Å². The second-order valence-corrected chi connectivity index (χ2v) is 11.9. The van der Waals surface area contributed by atoms with E-state index in [1.807, 2.05) is 31.2 Å². The van der Waals surface area contributed by atoms with Crippen LogP contribution in [0.15, 0.2) is 38.6 Å². The minimum atomic E-state index is -0.557. The number of aryl methyl sites for hydroxylation is 1. The Balaban J connectivity index is 1.52. The van der Waals surface area contributed by atoms with Crippen LogP contribution in [-0.2, 0) is 22.4 Å². The Morgan fingerprint density at radius 3 is 2.66 bits per heavy atom. The molecule has 0 bridgehead atoms. The van der Waals surface area contributed by atoms with Crippen molar-refractivity contribution in [1.82, 2.24) is 5.27 Å². The molecular weight excluding hydrogens is 486 g/mol. The maximum Gasteiger partial charge on any atom is 0.442 e. The number of carbonyl (C=O) groups is 2. The van der Waals surface area contributed by atoms with Crippen LogP contribution in [0.25, 0.3) is 5.69 Å². The zero-order valence-electron chi connectivity index (χ0n) is 20.5. The third-order valence-corrected chi connectivity index (χ3v) is 8.57. The zero-order chi connectivity index (χ0) is 25.3. The van der Waals surface area contributed by atoms with Crippen LogP contribution in [0.3, 0.4) is 0 Å². The van der Waals surface area contributed by atoms with Gasteiger partial charge in [-0.25, -0.2) is 9.59 Å². The molecule has 0 saturated carbocycles. The summed E-state index contributed by atoms with van der Waals surface area (Å²) in [6.45, 7) is 8.67. The zero-order valence-corrected chi connectivity index (χ0v) is 22.2. The van der Waals surface area contributed by atoms with E-state index in [0.717, 1.165) is 52.7 Å². The summed E-state index contributed by atoms with van der Waals surface area (Å²) < 4.78 is 11.5. The molecule has 1 amide bonds. The van der Waals surface area contributed by atoms with Crippen molar-refractivity contribution < 1.29 is 23.5 Å². The molecule has 2 heterocycles. The molecule has 1 aromatic carbocycles. The topological polar surface area (TPSA) is 105 Å². The Morgan fingerprint density at radius 2 is 2.00 bits per heavy atom. The van der Waals surface area contributed by atoms with Crippen LogP contribution in [0.5, 0.6) is 0 Å². The number of ether oxygens (including phenoxy) is 1. The van der Waals surface area contributed by atoms with Crippen molar-refractivity contribution in [1.29, 1.82) is 0 Å². The van der Waals surface area contributed by atoms with E-state index < -0.39 is 11.6 Å². The second kappa shape index (κ2) is 10.0. The lowest BCUT2D eigenvalue weighted by molar-refractivity contribution is -0.704. The summed E-state index contributed by atoms with van der Waals surface area (Å²) in [5.41, 5.74) is 2.85. The van der Waals surface area contributed by atoms with E-state index in [0.29, 0.717) is 16.5 Å². The van der Waals surface area contributed by atoms with Gasteiger partial charge in [-0.2, -0.15) is 0 Å². The van der Waals surface area contributed by atoms with Crippen molar-refractivity contribution in [2.45, 2.75) is 52.0 Å². The van der Waals surface area contributed by atoms with Crippen LogP contribution in [0.2, 0.25) is 0 Å². The fourth-order valence-corrected chi connectivity index (χ4v) is 6.38. The summed E-state index contributed by atoms with van der Waals surface area (Å²) >= 11 is 2.52. The molecule has 0 fully saturated rings. The molecule has 0 radical (unpaired) electrons. The molecule has 3 aromatic rings. The van der Waals surface area contributed by atoms with Crippen molar-refractivity contribution in [3.05, 3.63) is 56.3 Å². The van der Waals surface area contributed by atoms with Gasteiger partial charge in [0.05, 0.1) is 18.4 Å². The van der Waals surface area contributed by atoms with Gasteiger partial charge in [-0.05, 0) is 64.8 Å². The SMILES string of the molecule is COC(=O)c1c(NC(=O)CSc2c(=O)o[nH][n+]2-c2ccc(C)cc2)sc2c1CCC(C(C)(C)C)C2. The average Bonchev–Trinajstić information content (AvgIpc) is 3.36. The van der Waals surface area contributed by atoms with Crippen LogP contribution in [0.1, 0.15) is 53.6 Å². The lowest BCUT2D eigenvalue weighted by Crippen LogP contribution is -2.36. The smallest absolute Gasteiger partial charge is 0.442 e. The summed E-state index contributed by atoms with van der Waals surface area (Å²) in [7, 11) is 1.35. The number of amides is 1. The third-order valence-electron chi connectivity index (χ3n) is 6.37. The minimum Gasteiger partial charge on any atom is -0.465 e. The van der Waals surface area contributed by atoms with Crippen molar-refractivity contribution in [3.8, 4) is 5.69 Å². The van der Waals surface area contributed by atoms with Gasteiger partial charge in [0, 0.05) is 17.0 Å². The molecule has 1 aliphatic rings. The first-order chi connectivity index (χ1) is 16.6. The van der Waals surface area contributed by atoms with Crippen molar-refractivity contribution >= 4 is 40.0 Å². The molecule has 1 aliphatic carbocycles. The van der Waals surface area contributed by atoms with E-state index in [-0.39, 0.29) is 22.1 Å². The number of nitrogens with one attached hydrogen (secondary N) is 2. The van der Waals surface area contributed by atoms with Gasteiger partial charge in [0.15, 0.2) is 0 Å². The number of benzene rings is 1. The van der Waals surface area contributed by atoms with E-state index >= 15 is 0 Å². The Morgan fingerprint density at radius 1 is 1.29 bits per heavy atom. The summed E-state index contributed by atoms with van der Waals surface area (Å²) in [5.74, 6) is -0.281. The van der Waals surface area contributed by atoms with Crippen molar-refractivity contribution in [2.24, 2.45) is 11.3 Å². The number of esters is 1.